The van der Waals surface area contributed by atoms with Crippen molar-refractivity contribution in [1.82, 2.24) is 31.1 Å². The van der Waals surface area contributed by atoms with Gasteiger partial charge >= 0.3 is 30.2 Å². The Morgan fingerprint density at radius 3 is 0.879 bits per heavy atom. The molecule has 6 amide bonds. The Morgan fingerprint density at radius 1 is 0.323 bits per heavy atom. The predicted octanol–water partition coefficient (Wildman–Crippen LogP) is 25.2. The summed E-state index contributed by atoms with van der Waals surface area (Å²) in [5.41, 5.74) is 8.89. The molecule has 19 heteroatoms. The van der Waals surface area contributed by atoms with Gasteiger partial charge in [0.1, 0.15) is 25.4 Å². The number of rotatable bonds is 76. The number of nitrogens with one attached hydrogen (secondary N) is 4. The highest BCUT2D eigenvalue weighted by Crippen LogP contribution is 2.46. The highest BCUT2D eigenvalue weighted by atomic mass is 16.6. The Labute approximate surface area is 750 Å². The van der Waals surface area contributed by atoms with E-state index in [1.54, 1.807) is 9.80 Å². The van der Waals surface area contributed by atoms with Crippen LogP contribution in [0.25, 0.3) is 22.3 Å². The minimum Gasteiger partial charge on any atom is -0.463 e. The first kappa shape index (κ1) is 105. The standard InChI is InChI=1S/C105H168N6O13/c1-7-11-15-19-23-27-29-33-35-39-43-65-99(112)108-87(81-119-79-71-85(5)123-101(114)67-45-41-37-31-25-21-17-13-9-3)69-77-110(104(117)121-83-97-93-61-51-47-57-89(93)90-58-48-52-62-94(90)97)75-55-73-106-103(116)107-74-56-76-111(105(118)122-84-98-95-63-53-49-59-91(95)92-60-50-54-64-96(92)98)78-70-88(109-100(113)66-44-40-36-34-30-28-24-20-16-12-8-2)82-120-80-72-86(6)124-102(115)68-46-42-38-32-26-22-18-14-10-4/h47-54,57-64,85-88,97-98H,7-46,55-56,65-84H2,1-6H3,(H,108,112)(H,109,113)(H2,106,107,116)/t85-,86-,87+,88+/m1/s1. The van der Waals surface area contributed by atoms with Gasteiger partial charge in [0.05, 0.1) is 38.5 Å². The van der Waals surface area contributed by atoms with Crippen LogP contribution in [0.2, 0.25) is 0 Å². The normalized spacial score (nSPS) is 13.1. The number of urea groups is 1. The van der Waals surface area contributed by atoms with E-state index in [9.17, 15) is 33.6 Å². The molecule has 0 aromatic heterocycles. The first-order chi connectivity index (χ1) is 60.7. The zero-order valence-electron chi connectivity index (χ0n) is 78.2. The van der Waals surface area contributed by atoms with Crippen molar-refractivity contribution in [2.75, 3.05) is 78.9 Å². The average molecular weight is 1720 g/mol. The van der Waals surface area contributed by atoms with E-state index in [2.05, 4.69) is 97.5 Å². The number of carbonyl (C=O) groups excluding carboxylic acids is 7. The van der Waals surface area contributed by atoms with E-state index in [-0.39, 0.29) is 113 Å². The van der Waals surface area contributed by atoms with Gasteiger partial charge in [-0.25, -0.2) is 14.4 Å². The Kier molecular flexibility index (Phi) is 57.5. The molecule has 2 aliphatic carbocycles. The lowest BCUT2D eigenvalue weighted by atomic mass is 9.98. The summed E-state index contributed by atoms with van der Waals surface area (Å²) in [5.74, 6) is -0.824. The first-order valence-electron chi connectivity index (χ1n) is 50.1. The lowest BCUT2D eigenvalue weighted by Gasteiger charge is -2.27. The zero-order valence-corrected chi connectivity index (χ0v) is 78.2. The van der Waals surface area contributed by atoms with Crippen LogP contribution in [0.3, 0.4) is 0 Å². The molecule has 0 aliphatic heterocycles. The van der Waals surface area contributed by atoms with Gasteiger partial charge in [-0.05, 0) is 110 Å². The second-order valence-electron chi connectivity index (χ2n) is 35.6. The van der Waals surface area contributed by atoms with Gasteiger partial charge in [-0.1, -0.05) is 356 Å². The highest BCUT2D eigenvalue weighted by molar-refractivity contribution is 5.81. The molecular weight excluding hydrogens is 1550 g/mol. The molecule has 124 heavy (non-hydrogen) atoms. The van der Waals surface area contributed by atoms with E-state index >= 15 is 0 Å². The van der Waals surface area contributed by atoms with Gasteiger partial charge in [0.2, 0.25) is 11.8 Å². The molecule has 4 N–H and O–H groups in total. The summed E-state index contributed by atoms with van der Waals surface area (Å²) in [7, 11) is 0. The van der Waals surface area contributed by atoms with Crippen LogP contribution in [0.4, 0.5) is 14.4 Å². The Morgan fingerprint density at radius 2 is 0.589 bits per heavy atom. The minimum atomic E-state index is -0.498. The van der Waals surface area contributed by atoms with Gasteiger partial charge in [-0.3, -0.25) is 19.2 Å². The van der Waals surface area contributed by atoms with E-state index in [0.717, 1.165) is 122 Å². The maximum absolute atomic E-state index is 14.7. The number of nitrogens with zero attached hydrogens (tertiary/aromatic N) is 2. The van der Waals surface area contributed by atoms with Gasteiger partial charge in [0, 0.05) is 89.6 Å². The van der Waals surface area contributed by atoms with Crippen LogP contribution in [0.15, 0.2) is 97.1 Å². The summed E-state index contributed by atoms with van der Waals surface area (Å²) < 4.78 is 36.8. The van der Waals surface area contributed by atoms with E-state index < -0.39 is 30.3 Å². The monoisotopic (exact) mass is 1720 g/mol. The second kappa shape index (κ2) is 67.7. The molecule has 0 spiro atoms. The molecule has 6 rings (SSSR count). The summed E-state index contributed by atoms with van der Waals surface area (Å²) >= 11 is 0. The topological polar surface area (TPSA) is 229 Å². The molecule has 0 heterocycles. The van der Waals surface area contributed by atoms with Crippen LogP contribution in [0.1, 0.15) is 397 Å². The van der Waals surface area contributed by atoms with Crippen molar-refractivity contribution in [3.63, 3.8) is 0 Å². The molecule has 4 aromatic rings. The van der Waals surface area contributed by atoms with Crippen molar-refractivity contribution >= 4 is 42.0 Å². The molecule has 0 bridgehead atoms. The van der Waals surface area contributed by atoms with Crippen LogP contribution in [0.5, 0.6) is 0 Å². The lowest BCUT2D eigenvalue weighted by Crippen LogP contribution is -2.44. The first-order valence-corrected chi connectivity index (χ1v) is 50.1. The quantitative estimate of drug-likeness (QED) is 0.0183. The van der Waals surface area contributed by atoms with Crippen LogP contribution in [-0.4, -0.2) is 155 Å². The molecule has 0 radical (unpaired) electrons. The molecule has 4 aromatic carbocycles. The average Bonchev–Trinajstić information content (AvgIpc) is 1.62. The number of ether oxygens (including phenoxy) is 6. The number of hydrogen-bond donors (Lipinski definition) is 4. The van der Waals surface area contributed by atoms with Gasteiger partial charge in [-0.2, -0.15) is 0 Å². The fourth-order valence-corrected chi connectivity index (χ4v) is 17.3. The summed E-state index contributed by atoms with van der Waals surface area (Å²) in [4.78, 5) is 99.9. The molecule has 2 aliphatic rings. The maximum atomic E-state index is 14.7. The van der Waals surface area contributed by atoms with Gasteiger partial charge in [0.15, 0.2) is 0 Å². The van der Waals surface area contributed by atoms with Crippen LogP contribution in [-0.2, 0) is 47.6 Å². The fourth-order valence-electron chi connectivity index (χ4n) is 17.3. The van der Waals surface area contributed by atoms with E-state index in [1.165, 1.54) is 180 Å². The van der Waals surface area contributed by atoms with Crippen LogP contribution in [0, 0.1) is 0 Å². The summed E-state index contributed by atoms with van der Waals surface area (Å²) in [6.07, 6.45) is 49.5. The molecule has 696 valence electrons. The number of unbranched alkanes of at least 4 members (excludes halogenated alkanes) is 36. The second-order valence-corrected chi connectivity index (χ2v) is 35.6. The Balaban J connectivity index is 1.08. The Bertz CT molecular complexity index is 3200. The van der Waals surface area contributed by atoms with Crippen molar-refractivity contribution in [2.24, 2.45) is 0 Å². The van der Waals surface area contributed by atoms with E-state index in [0.29, 0.717) is 77.4 Å². The minimum absolute atomic E-state index is 0.0608. The van der Waals surface area contributed by atoms with Gasteiger partial charge < -0.3 is 59.5 Å². The highest BCUT2D eigenvalue weighted by Gasteiger charge is 2.33. The number of amides is 6. The maximum Gasteiger partial charge on any atom is 0.409 e. The van der Waals surface area contributed by atoms with Gasteiger partial charge in [0.25, 0.3) is 0 Å². The summed E-state index contributed by atoms with van der Waals surface area (Å²) in [5, 5.41) is 12.6. The number of benzene rings is 4. The third-order valence-electron chi connectivity index (χ3n) is 24.8. The largest absolute Gasteiger partial charge is 0.463 e. The fraction of sp³-hybridized carbons (Fsp3) is 0.705. The van der Waals surface area contributed by atoms with Crippen molar-refractivity contribution in [3.8, 4) is 22.3 Å². The molecule has 0 saturated carbocycles. The lowest BCUT2D eigenvalue weighted by molar-refractivity contribution is -0.150. The molecular formula is C105H168N6O13. The zero-order chi connectivity index (χ0) is 88.5. The van der Waals surface area contributed by atoms with Crippen LogP contribution >= 0.6 is 0 Å². The smallest absolute Gasteiger partial charge is 0.409 e. The SMILES string of the molecule is CCCCCCCCCCCCCC(=O)N[C@@H](CCN(CCCNC(=O)NCCCN(CC[C@@H](COCC[C@@H](C)OC(=O)CCCCCCCCCCC)NC(=O)CCCCCCCCCCCCC)C(=O)OCC1c2ccccc2-c2ccccc21)C(=O)OCC1c2ccccc2-c2ccccc21)COCC[C@@H](C)OC(=O)CCCCCCCCCCC. The molecule has 0 saturated heterocycles. The van der Waals surface area contributed by atoms with Crippen molar-refractivity contribution in [2.45, 2.75) is 399 Å². The predicted molar refractivity (Wildman–Crippen MR) is 505 cm³/mol. The summed E-state index contributed by atoms with van der Waals surface area (Å²) in [6.45, 7) is 15.4. The van der Waals surface area contributed by atoms with E-state index in [1.807, 2.05) is 62.4 Å². The molecule has 4 atom stereocenters. The van der Waals surface area contributed by atoms with Gasteiger partial charge in [-0.15, -0.1) is 0 Å². The van der Waals surface area contributed by atoms with Crippen molar-refractivity contribution < 1.29 is 62.0 Å². The Hall–Kier alpha value is -7.51. The molecule has 0 unspecified atom stereocenters. The third-order valence-corrected chi connectivity index (χ3v) is 24.8. The number of hydrogen-bond acceptors (Lipinski definition) is 13. The number of carbonyl (C=O) groups is 7. The van der Waals surface area contributed by atoms with Crippen molar-refractivity contribution in [1.29, 1.82) is 0 Å². The van der Waals surface area contributed by atoms with Crippen LogP contribution < -0.4 is 21.3 Å². The van der Waals surface area contributed by atoms with Crippen molar-refractivity contribution in [3.05, 3.63) is 119 Å². The third kappa shape index (κ3) is 45.3. The molecule has 0 fully saturated rings. The summed E-state index contributed by atoms with van der Waals surface area (Å²) in [6, 6.07) is 31.7. The number of esters is 2. The molecule has 19 nitrogen and oxygen atoms in total. The number of fused-ring (bicyclic) bond motifs is 6. The van der Waals surface area contributed by atoms with E-state index in [4.69, 9.17) is 28.4 Å².